The quantitative estimate of drug-likeness (QED) is 0.661. The van der Waals surface area contributed by atoms with Gasteiger partial charge in [0.1, 0.15) is 17.3 Å². The minimum atomic E-state index is 0.318. The van der Waals surface area contributed by atoms with Gasteiger partial charge < -0.3 is 9.15 Å². The number of ether oxygens (including phenoxy) is 1. The molecule has 0 aliphatic rings. The fraction of sp³-hybridized carbons (Fsp3) is 0.111. The Bertz CT molecular complexity index is 803. The third kappa shape index (κ3) is 2.91. The molecule has 0 fully saturated rings. The Kier molecular flexibility index (Phi) is 3.74. The predicted octanol–water partition coefficient (Wildman–Crippen LogP) is 4.56. The number of carbonyl (C=O) groups excluding carboxylic acids is 1. The van der Waals surface area contributed by atoms with E-state index in [1.807, 2.05) is 44.2 Å². The number of hydrogen-bond donors (Lipinski definition) is 0. The van der Waals surface area contributed by atoms with Crippen molar-refractivity contribution in [2.75, 3.05) is 0 Å². The van der Waals surface area contributed by atoms with E-state index in [0.717, 1.165) is 22.6 Å². The molecule has 0 atom stereocenters. The number of aryl methyl sites for hydroxylation is 2. The summed E-state index contributed by atoms with van der Waals surface area (Å²) in [7, 11) is 0. The van der Waals surface area contributed by atoms with Crippen molar-refractivity contribution < 1.29 is 13.9 Å². The molecule has 1 aromatic carbocycles. The van der Waals surface area contributed by atoms with Gasteiger partial charge in [-0.25, -0.2) is 0 Å². The van der Waals surface area contributed by atoms with Crippen molar-refractivity contribution in [3.8, 4) is 22.8 Å². The van der Waals surface area contributed by atoms with E-state index in [1.54, 1.807) is 18.3 Å². The standard InChI is InChI=1S/C18H15NO3/c1-12-9-14(18-8-6-16(11-20)22-18)4-7-17(12)21-15-5-3-13(2)19-10-15/h3-11H,1-2H3. The Morgan fingerprint density at radius 2 is 1.95 bits per heavy atom. The molecule has 2 aromatic heterocycles. The molecule has 0 spiro atoms. The first-order chi connectivity index (χ1) is 10.7. The molecule has 0 saturated carbocycles. The van der Waals surface area contributed by atoms with E-state index in [2.05, 4.69) is 4.98 Å². The van der Waals surface area contributed by atoms with Crippen molar-refractivity contribution >= 4 is 6.29 Å². The lowest BCUT2D eigenvalue weighted by Crippen LogP contribution is -1.90. The number of hydrogen-bond acceptors (Lipinski definition) is 4. The summed E-state index contributed by atoms with van der Waals surface area (Å²) in [5, 5.41) is 0. The number of benzene rings is 1. The molecule has 22 heavy (non-hydrogen) atoms. The van der Waals surface area contributed by atoms with Gasteiger partial charge in [-0.3, -0.25) is 9.78 Å². The molecule has 3 rings (SSSR count). The van der Waals surface area contributed by atoms with Crippen molar-refractivity contribution in [1.29, 1.82) is 0 Å². The maximum Gasteiger partial charge on any atom is 0.185 e. The SMILES string of the molecule is Cc1ccc(Oc2ccc(-c3ccc(C=O)o3)cc2C)cn1. The van der Waals surface area contributed by atoms with Crippen LogP contribution in [0.25, 0.3) is 11.3 Å². The average molecular weight is 293 g/mol. The fourth-order valence-electron chi connectivity index (χ4n) is 2.13. The van der Waals surface area contributed by atoms with Gasteiger partial charge in [-0.1, -0.05) is 0 Å². The lowest BCUT2D eigenvalue weighted by Gasteiger charge is -2.09. The Morgan fingerprint density at radius 3 is 2.59 bits per heavy atom. The van der Waals surface area contributed by atoms with Gasteiger partial charge in [0.25, 0.3) is 0 Å². The Morgan fingerprint density at radius 1 is 1.09 bits per heavy atom. The summed E-state index contributed by atoms with van der Waals surface area (Å²) in [6, 6.07) is 13.0. The lowest BCUT2D eigenvalue weighted by molar-refractivity contribution is 0.110. The zero-order valence-corrected chi connectivity index (χ0v) is 12.4. The number of nitrogens with zero attached hydrogens (tertiary/aromatic N) is 1. The van der Waals surface area contributed by atoms with Gasteiger partial charge in [-0.2, -0.15) is 0 Å². The summed E-state index contributed by atoms with van der Waals surface area (Å²) in [4.78, 5) is 14.9. The van der Waals surface area contributed by atoms with E-state index in [-0.39, 0.29) is 0 Å². The van der Waals surface area contributed by atoms with Crippen molar-refractivity contribution in [3.05, 3.63) is 65.7 Å². The number of carbonyl (C=O) groups is 1. The van der Waals surface area contributed by atoms with Crippen LogP contribution < -0.4 is 4.74 Å². The molecule has 0 unspecified atom stereocenters. The second-order valence-electron chi connectivity index (χ2n) is 5.04. The van der Waals surface area contributed by atoms with Crippen LogP contribution in [0.4, 0.5) is 0 Å². The molecule has 0 aliphatic heterocycles. The molecule has 0 radical (unpaired) electrons. The smallest absolute Gasteiger partial charge is 0.185 e. The number of aromatic nitrogens is 1. The van der Waals surface area contributed by atoms with Crippen LogP contribution in [-0.4, -0.2) is 11.3 Å². The predicted molar refractivity (Wildman–Crippen MR) is 83.3 cm³/mol. The van der Waals surface area contributed by atoms with Gasteiger partial charge in [0, 0.05) is 11.3 Å². The number of pyridine rings is 1. The largest absolute Gasteiger partial charge is 0.455 e. The fourth-order valence-corrected chi connectivity index (χ4v) is 2.13. The highest BCUT2D eigenvalue weighted by Crippen LogP contribution is 2.30. The zero-order valence-electron chi connectivity index (χ0n) is 12.4. The van der Waals surface area contributed by atoms with Crippen LogP contribution in [0.15, 0.2) is 53.1 Å². The molecule has 0 saturated heterocycles. The van der Waals surface area contributed by atoms with Crippen molar-refractivity contribution in [3.63, 3.8) is 0 Å². The van der Waals surface area contributed by atoms with Crippen LogP contribution in [0.5, 0.6) is 11.5 Å². The summed E-state index contributed by atoms with van der Waals surface area (Å²) in [5.41, 5.74) is 2.82. The lowest BCUT2D eigenvalue weighted by atomic mass is 10.1. The molecule has 4 nitrogen and oxygen atoms in total. The second kappa shape index (κ2) is 5.85. The maximum absolute atomic E-state index is 10.7. The van der Waals surface area contributed by atoms with E-state index in [0.29, 0.717) is 23.6 Å². The topological polar surface area (TPSA) is 52.3 Å². The highest BCUT2D eigenvalue weighted by Gasteiger charge is 2.08. The Hall–Kier alpha value is -2.88. The van der Waals surface area contributed by atoms with Crippen LogP contribution in [0, 0.1) is 13.8 Å². The summed E-state index contributed by atoms with van der Waals surface area (Å²) >= 11 is 0. The molecule has 3 aromatic rings. The highest BCUT2D eigenvalue weighted by molar-refractivity contribution is 5.73. The van der Waals surface area contributed by atoms with Gasteiger partial charge in [-0.05, 0) is 61.9 Å². The maximum atomic E-state index is 10.7. The van der Waals surface area contributed by atoms with Crippen LogP contribution in [-0.2, 0) is 0 Å². The first-order valence-corrected chi connectivity index (χ1v) is 6.92. The minimum absolute atomic E-state index is 0.318. The van der Waals surface area contributed by atoms with Crippen LogP contribution in [0.3, 0.4) is 0 Å². The number of aldehydes is 1. The van der Waals surface area contributed by atoms with Crippen molar-refractivity contribution in [2.45, 2.75) is 13.8 Å². The molecular formula is C18H15NO3. The minimum Gasteiger partial charge on any atom is -0.455 e. The van der Waals surface area contributed by atoms with E-state index in [9.17, 15) is 4.79 Å². The second-order valence-corrected chi connectivity index (χ2v) is 5.04. The third-order valence-electron chi connectivity index (χ3n) is 3.31. The van der Waals surface area contributed by atoms with E-state index < -0.39 is 0 Å². The van der Waals surface area contributed by atoms with Gasteiger partial charge in [0.15, 0.2) is 12.0 Å². The first-order valence-electron chi connectivity index (χ1n) is 6.92. The van der Waals surface area contributed by atoms with E-state index >= 15 is 0 Å². The summed E-state index contributed by atoms with van der Waals surface area (Å²) < 4.78 is 11.3. The molecule has 0 amide bonds. The zero-order chi connectivity index (χ0) is 15.5. The van der Waals surface area contributed by atoms with Gasteiger partial charge in [0.2, 0.25) is 0 Å². The van der Waals surface area contributed by atoms with E-state index in [4.69, 9.17) is 9.15 Å². The summed E-state index contributed by atoms with van der Waals surface area (Å²) in [5.74, 6) is 2.44. The van der Waals surface area contributed by atoms with Gasteiger partial charge in [-0.15, -0.1) is 0 Å². The van der Waals surface area contributed by atoms with Crippen LogP contribution in [0.1, 0.15) is 21.8 Å². The normalized spacial score (nSPS) is 10.5. The Labute approximate surface area is 128 Å². The first kappa shape index (κ1) is 14.1. The number of rotatable bonds is 4. The molecule has 110 valence electrons. The summed E-state index contributed by atoms with van der Waals surface area (Å²) in [6.07, 6.45) is 2.39. The van der Waals surface area contributed by atoms with Crippen LogP contribution in [0.2, 0.25) is 0 Å². The molecule has 0 N–H and O–H groups in total. The van der Waals surface area contributed by atoms with Gasteiger partial charge >= 0.3 is 0 Å². The Balaban J connectivity index is 1.85. The van der Waals surface area contributed by atoms with Crippen molar-refractivity contribution in [1.82, 2.24) is 4.98 Å². The summed E-state index contributed by atoms with van der Waals surface area (Å²) in [6.45, 7) is 3.89. The van der Waals surface area contributed by atoms with Gasteiger partial charge in [0.05, 0.1) is 6.20 Å². The molecule has 2 heterocycles. The van der Waals surface area contributed by atoms with Crippen molar-refractivity contribution in [2.24, 2.45) is 0 Å². The molecule has 0 bridgehead atoms. The average Bonchev–Trinajstić information content (AvgIpc) is 3.00. The van der Waals surface area contributed by atoms with E-state index in [1.165, 1.54) is 0 Å². The highest BCUT2D eigenvalue weighted by atomic mass is 16.5. The molecule has 0 aliphatic carbocycles. The number of furan rings is 1. The molecular weight excluding hydrogens is 278 g/mol. The molecule has 4 heteroatoms. The monoisotopic (exact) mass is 293 g/mol. The third-order valence-corrected chi connectivity index (χ3v) is 3.31. The van der Waals surface area contributed by atoms with Crippen LogP contribution >= 0.6 is 0 Å².